The highest BCUT2D eigenvalue weighted by Gasteiger charge is 2.12. The van der Waals surface area contributed by atoms with Crippen LogP contribution in [0.3, 0.4) is 0 Å². The number of hydrogen-bond acceptors (Lipinski definition) is 4. The van der Waals surface area contributed by atoms with Gasteiger partial charge in [0.2, 0.25) is 0 Å². The van der Waals surface area contributed by atoms with Crippen molar-refractivity contribution in [2.24, 2.45) is 0 Å². The molecule has 0 fully saturated rings. The van der Waals surface area contributed by atoms with E-state index in [1.165, 1.54) is 0 Å². The second kappa shape index (κ2) is 9.55. The SMILES string of the molecule is Cc1cccc(NC(=O)COC(=O)c2cccc(OCc3ccccc3)c2)c1C. The molecule has 0 aliphatic rings. The van der Waals surface area contributed by atoms with Crippen LogP contribution in [-0.4, -0.2) is 18.5 Å². The summed E-state index contributed by atoms with van der Waals surface area (Å²) in [6.07, 6.45) is 0. The van der Waals surface area contributed by atoms with Crippen LogP contribution in [0.15, 0.2) is 72.8 Å². The first-order chi connectivity index (χ1) is 14.0. The van der Waals surface area contributed by atoms with Gasteiger partial charge in [-0.15, -0.1) is 0 Å². The highest BCUT2D eigenvalue weighted by Crippen LogP contribution is 2.18. The predicted molar refractivity (Wildman–Crippen MR) is 112 cm³/mol. The molecule has 3 aromatic carbocycles. The number of ether oxygens (including phenoxy) is 2. The third kappa shape index (κ3) is 5.69. The maximum absolute atomic E-state index is 12.3. The average Bonchev–Trinajstić information content (AvgIpc) is 2.75. The molecule has 0 aliphatic heterocycles. The van der Waals surface area contributed by atoms with Gasteiger partial charge in [-0.25, -0.2) is 4.79 Å². The van der Waals surface area contributed by atoms with Crippen LogP contribution in [-0.2, 0) is 16.1 Å². The third-order valence-electron chi connectivity index (χ3n) is 4.53. The van der Waals surface area contributed by atoms with E-state index in [1.807, 2.05) is 62.4 Å². The summed E-state index contributed by atoms with van der Waals surface area (Å²) in [6.45, 7) is 3.94. The molecule has 0 bridgehead atoms. The highest BCUT2D eigenvalue weighted by atomic mass is 16.5. The van der Waals surface area contributed by atoms with Crippen molar-refractivity contribution in [1.29, 1.82) is 0 Å². The fourth-order valence-electron chi connectivity index (χ4n) is 2.74. The van der Waals surface area contributed by atoms with Gasteiger partial charge in [0.15, 0.2) is 6.61 Å². The lowest BCUT2D eigenvalue weighted by Crippen LogP contribution is -2.21. The minimum Gasteiger partial charge on any atom is -0.489 e. The number of carbonyl (C=O) groups excluding carboxylic acids is 2. The van der Waals surface area contributed by atoms with Crippen LogP contribution in [0.1, 0.15) is 27.0 Å². The average molecular weight is 389 g/mol. The second-order valence-corrected chi connectivity index (χ2v) is 6.67. The van der Waals surface area contributed by atoms with Crippen molar-refractivity contribution in [3.05, 3.63) is 95.1 Å². The first-order valence-electron chi connectivity index (χ1n) is 9.33. The zero-order valence-corrected chi connectivity index (χ0v) is 16.5. The predicted octanol–water partition coefficient (Wildman–Crippen LogP) is 4.68. The van der Waals surface area contributed by atoms with E-state index in [2.05, 4.69) is 5.32 Å². The number of amides is 1. The minimum atomic E-state index is -0.578. The van der Waals surface area contributed by atoms with Crippen molar-refractivity contribution in [2.75, 3.05) is 11.9 Å². The Balaban J connectivity index is 1.53. The standard InChI is InChI=1S/C24H23NO4/c1-17-8-6-13-22(18(17)2)25-23(26)16-29-24(27)20-11-7-12-21(14-20)28-15-19-9-4-3-5-10-19/h3-14H,15-16H2,1-2H3,(H,25,26). The van der Waals surface area contributed by atoms with E-state index in [0.717, 1.165) is 16.7 Å². The van der Waals surface area contributed by atoms with Crippen LogP contribution in [0.5, 0.6) is 5.75 Å². The van der Waals surface area contributed by atoms with Crippen LogP contribution >= 0.6 is 0 Å². The van der Waals surface area contributed by atoms with Gasteiger partial charge in [-0.3, -0.25) is 4.79 Å². The monoisotopic (exact) mass is 389 g/mol. The Hall–Kier alpha value is -3.60. The molecule has 0 unspecified atom stereocenters. The fourth-order valence-corrected chi connectivity index (χ4v) is 2.74. The Morgan fingerprint density at radius 2 is 1.66 bits per heavy atom. The summed E-state index contributed by atoms with van der Waals surface area (Å²) in [7, 11) is 0. The number of rotatable bonds is 7. The molecule has 0 aromatic heterocycles. The van der Waals surface area contributed by atoms with Gasteiger partial charge in [-0.1, -0.05) is 48.5 Å². The summed E-state index contributed by atoms with van der Waals surface area (Å²) in [4.78, 5) is 24.4. The van der Waals surface area contributed by atoms with Gasteiger partial charge in [-0.05, 0) is 54.8 Å². The lowest BCUT2D eigenvalue weighted by molar-refractivity contribution is -0.119. The van der Waals surface area contributed by atoms with Crippen molar-refractivity contribution < 1.29 is 19.1 Å². The van der Waals surface area contributed by atoms with Crippen LogP contribution in [0.2, 0.25) is 0 Å². The maximum Gasteiger partial charge on any atom is 0.338 e. The zero-order valence-electron chi connectivity index (χ0n) is 16.5. The van der Waals surface area contributed by atoms with Gasteiger partial charge in [0.25, 0.3) is 5.91 Å². The van der Waals surface area contributed by atoms with Gasteiger partial charge in [0.05, 0.1) is 5.56 Å². The van der Waals surface area contributed by atoms with Crippen LogP contribution in [0, 0.1) is 13.8 Å². The quantitative estimate of drug-likeness (QED) is 0.596. The Morgan fingerprint density at radius 1 is 0.897 bits per heavy atom. The lowest BCUT2D eigenvalue weighted by atomic mass is 10.1. The third-order valence-corrected chi connectivity index (χ3v) is 4.53. The van der Waals surface area contributed by atoms with Gasteiger partial charge < -0.3 is 14.8 Å². The van der Waals surface area contributed by atoms with E-state index in [1.54, 1.807) is 24.3 Å². The molecule has 0 saturated heterocycles. The topological polar surface area (TPSA) is 64.6 Å². The summed E-state index contributed by atoms with van der Waals surface area (Å²) < 4.78 is 10.9. The molecule has 0 heterocycles. The molecule has 3 aromatic rings. The van der Waals surface area contributed by atoms with E-state index in [4.69, 9.17) is 9.47 Å². The smallest absolute Gasteiger partial charge is 0.338 e. The number of esters is 1. The Kier molecular flexibility index (Phi) is 6.63. The van der Waals surface area contributed by atoms with Gasteiger partial charge in [0.1, 0.15) is 12.4 Å². The number of aryl methyl sites for hydroxylation is 1. The lowest BCUT2D eigenvalue weighted by Gasteiger charge is -2.11. The van der Waals surface area contributed by atoms with E-state index < -0.39 is 5.97 Å². The van der Waals surface area contributed by atoms with Crippen molar-refractivity contribution in [2.45, 2.75) is 20.5 Å². The number of nitrogens with one attached hydrogen (secondary N) is 1. The molecule has 1 N–H and O–H groups in total. The molecule has 0 aliphatic carbocycles. The molecule has 0 spiro atoms. The summed E-state index contributed by atoms with van der Waals surface area (Å²) >= 11 is 0. The normalized spacial score (nSPS) is 10.3. The summed E-state index contributed by atoms with van der Waals surface area (Å²) in [5.41, 5.74) is 4.13. The first kappa shape index (κ1) is 20.1. The molecule has 5 heteroatoms. The van der Waals surface area contributed by atoms with Gasteiger partial charge >= 0.3 is 5.97 Å². The van der Waals surface area contributed by atoms with E-state index >= 15 is 0 Å². The first-order valence-corrected chi connectivity index (χ1v) is 9.33. The molecule has 0 radical (unpaired) electrons. The van der Waals surface area contributed by atoms with Crippen molar-refractivity contribution >= 4 is 17.6 Å². The van der Waals surface area contributed by atoms with E-state index in [0.29, 0.717) is 23.6 Å². The minimum absolute atomic E-state index is 0.329. The molecule has 0 atom stereocenters. The highest BCUT2D eigenvalue weighted by molar-refractivity contribution is 5.96. The van der Waals surface area contributed by atoms with Crippen LogP contribution in [0.25, 0.3) is 0 Å². The van der Waals surface area contributed by atoms with Crippen LogP contribution in [0.4, 0.5) is 5.69 Å². The largest absolute Gasteiger partial charge is 0.489 e. The number of hydrogen-bond donors (Lipinski definition) is 1. The molecule has 29 heavy (non-hydrogen) atoms. The van der Waals surface area contributed by atoms with Gasteiger partial charge in [0, 0.05) is 5.69 Å². The molecule has 3 rings (SSSR count). The summed E-state index contributed by atoms with van der Waals surface area (Å²) in [5.74, 6) is -0.405. The molecule has 1 amide bonds. The fraction of sp³-hybridized carbons (Fsp3) is 0.167. The molecule has 0 saturated carbocycles. The Labute approximate surface area is 170 Å². The van der Waals surface area contributed by atoms with Crippen molar-refractivity contribution in [3.8, 4) is 5.75 Å². The van der Waals surface area contributed by atoms with Gasteiger partial charge in [-0.2, -0.15) is 0 Å². The Bertz CT molecular complexity index is 999. The van der Waals surface area contributed by atoms with Crippen molar-refractivity contribution in [1.82, 2.24) is 0 Å². The van der Waals surface area contributed by atoms with E-state index in [9.17, 15) is 9.59 Å². The van der Waals surface area contributed by atoms with Crippen LogP contribution < -0.4 is 10.1 Å². The molecule has 5 nitrogen and oxygen atoms in total. The maximum atomic E-state index is 12.3. The summed E-state index contributed by atoms with van der Waals surface area (Å²) in [6, 6.07) is 22.1. The Morgan fingerprint density at radius 3 is 2.45 bits per heavy atom. The summed E-state index contributed by atoms with van der Waals surface area (Å²) in [5, 5.41) is 2.77. The second-order valence-electron chi connectivity index (χ2n) is 6.67. The number of carbonyl (C=O) groups is 2. The molecular weight excluding hydrogens is 366 g/mol. The van der Waals surface area contributed by atoms with Crippen molar-refractivity contribution in [3.63, 3.8) is 0 Å². The molecule has 148 valence electrons. The molecular formula is C24H23NO4. The number of benzene rings is 3. The zero-order chi connectivity index (χ0) is 20.6. The number of anilines is 1. The van der Waals surface area contributed by atoms with E-state index in [-0.39, 0.29) is 12.5 Å².